The molecule has 0 saturated heterocycles. The van der Waals surface area contributed by atoms with E-state index >= 15 is 0 Å². The van der Waals surface area contributed by atoms with Gasteiger partial charge in [-0.05, 0) is 43.5 Å². The number of carbonyl (C=O) groups is 2. The lowest BCUT2D eigenvalue weighted by Crippen LogP contribution is -2.37. The Labute approximate surface area is 124 Å². The lowest BCUT2D eigenvalue weighted by Gasteiger charge is -2.17. The Morgan fingerprint density at radius 2 is 1.81 bits per heavy atom. The van der Waals surface area contributed by atoms with Crippen LogP contribution in [0.2, 0.25) is 0 Å². The summed E-state index contributed by atoms with van der Waals surface area (Å²) in [7, 11) is 0. The molecule has 2 amide bonds. The Morgan fingerprint density at radius 3 is 2.38 bits per heavy atom. The Bertz CT molecular complexity index is 520. The molecule has 0 spiro atoms. The fourth-order valence-corrected chi connectivity index (χ4v) is 2.70. The molecule has 21 heavy (non-hydrogen) atoms. The van der Waals surface area contributed by atoms with Crippen molar-refractivity contribution in [1.29, 1.82) is 0 Å². The van der Waals surface area contributed by atoms with Gasteiger partial charge in [-0.1, -0.05) is 25.7 Å². The van der Waals surface area contributed by atoms with E-state index in [2.05, 4.69) is 10.6 Å². The Hall–Kier alpha value is -2.04. The van der Waals surface area contributed by atoms with Crippen molar-refractivity contribution in [1.82, 2.24) is 5.32 Å². The normalized spacial score (nSPS) is 16.0. The third kappa shape index (κ3) is 4.48. The summed E-state index contributed by atoms with van der Waals surface area (Å²) < 4.78 is 0. The van der Waals surface area contributed by atoms with Gasteiger partial charge >= 0.3 is 12.0 Å². The first-order valence-corrected chi connectivity index (χ1v) is 7.48. The van der Waals surface area contributed by atoms with Gasteiger partial charge in [0.25, 0.3) is 0 Å². The minimum atomic E-state index is -0.965. The van der Waals surface area contributed by atoms with Gasteiger partial charge in [0, 0.05) is 11.7 Å². The van der Waals surface area contributed by atoms with Gasteiger partial charge < -0.3 is 15.7 Å². The molecular formula is C16H22N2O3. The second-order valence-corrected chi connectivity index (χ2v) is 5.62. The van der Waals surface area contributed by atoms with Gasteiger partial charge in [0.05, 0.1) is 5.56 Å². The topological polar surface area (TPSA) is 78.4 Å². The molecule has 1 fully saturated rings. The van der Waals surface area contributed by atoms with Gasteiger partial charge in [0.1, 0.15) is 0 Å². The molecule has 1 aliphatic rings. The number of hydrogen-bond acceptors (Lipinski definition) is 2. The van der Waals surface area contributed by atoms with Gasteiger partial charge in [0.2, 0.25) is 0 Å². The monoisotopic (exact) mass is 290 g/mol. The minimum Gasteiger partial charge on any atom is -0.478 e. The van der Waals surface area contributed by atoms with E-state index in [-0.39, 0.29) is 17.6 Å². The molecule has 0 atom stereocenters. The van der Waals surface area contributed by atoms with Crippen molar-refractivity contribution in [2.24, 2.45) is 0 Å². The number of hydrogen-bond donors (Lipinski definition) is 3. The number of aromatic carboxylic acids is 1. The number of urea groups is 1. The minimum absolute atomic E-state index is 0.215. The second-order valence-electron chi connectivity index (χ2n) is 5.62. The number of amides is 2. The van der Waals surface area contributed by atoms with Crippen molar-refractivity contribution in [2.75, 3.05) is 5.32 Å². The molecular weight excluding hydrogens is 268 g/mol. The number of rotatable bonds is 3. The molecule has 1 saturated carbocycles. The zero-order chi connectivity index (χ0) is 15.2. The SMILES string of the molecule is Cc1cc(C(=O)O)ccc1NC(=O)NC1CCCCCC1. The number of nitrogens with one attached hydrogen (secondary N) is 2. The molecule has 114 valence electrons. The maximum atomic E-state index is 12.0. The van der Waals surface area contributed by atoms with Crippen LogP contribution in [0.25, 0.3) is 0 Å². The molecule has 0 unspecified atom stereocenters. The van der Waals surface area contributed by atoms with Crippen LogP contribution in [0.1, 0.15) is 54.4 Å². The van der Waals surface area contributed by atoms with Crippen molar-refractivity contribution in [3.05, 3.63) is 29.3 Å². The van der Waals surface area contributed by atoms with Gasteiger partial charge in [0.15, 0.2) is 0 Å². The molecule has 3 N–H and O–H groups in total. The highest BCUT2D eigenvalue weighted by molar-refractivity contribution is 5.92. The molecule has 0 radical (unpaired) electrons. The fourth-order valence-electron chi connectivity index (χ4n) is 2.70. The van der Waals surface area contributed by atoms with Gasteiger partial charge in [-0.25, -0.2) is 9.59 Å². The molecule has 0 bridgehead atoms. The van der Waals surface area contributed by atoms with E-state index in [1.54, 1.807) is 19.1 Å². The van der Waals surface area contributed by atoms with E-state index in [1.165, 1.54) is 18.9 Å². The first-order chi connectivity index (χ1) is 10.1. The Kier molecular flexibility index (Phi) is 5.20. The van der Waals surface area contributed by atoms with E-state index < -0.39 is 5.97 Å². The Balaban J connectivity index is 1.94. The number of anilines is 1. The summed E-state index contributed by atoms with van der Waals surface area (Å²) in [5.41, 5.74) is 1.61. The summed E-state index contributed by atoms with van der Waals surface area (Å²) in [6, 6.07) is 4.71. The van der Waals surface area contributed by atoms with Crippen LogP contribution in [-0.2, 0) is 0 Å². The largest absolute Gasteiger partial charge is 0.478 e. The van der Waals surface area contributed by atoms with Crippen LogP contribution in [0, 0.1) is 6.92 Å². The highest BCUT2D eigenvalue weighted by atomic mass is 16.4. The average molecular weight is 290 g/mol. The highest BCUT2D eigenvalue weighted by Crippen LogP contribution is 2.19. The predicted octanol–water partition coefficient (Wildman–Crippen LogP) is 3.54. The summed E-state index contributed by atoms with van der Waals surface area (Å²) in [6.07, 6.45) is 6.88. The third-order valence-corrected chi connectivity index (χ3v) is 3.91. The smallest absolute Gasteiger partial charge is 0.335 e. The van der Waals surface area contributed by atoms with Crippen molar-refractivity contribution in [3.8, 4) is 0 Å². The van der Waals surface area contributed by atoms with Crippen LogP contribution in [0.4, 0.5) is 10.5 Å². The maximum absolute atomic E-state index is 12.0. The standard InChI is InChI=1S/C16H22N2O3/c1-11-10-12(15(19)20)8-9-14(11)18-16(21)17-13-6-4-2-3-5-7-13/h8-10,13H,2-7H2,1H3,(H,19,20)(H2,17,18,21). The zero-order valence-electron chi connectivity index (χ0n) is 12.3. The molecule has 1 aliphatic carbocycles. The fraction of sp³-hybridized carbons (Fsp3) is 0.500. The second kappa shape index (κ2) is 7.11. The summed E-state index contributed by atoms with van der Waals surface area (Å²) in [5.74, 6) is -0.965. The van der Waals surface area contributed by atoms with Crippen LogP contribution >= 0.6 is 0 Å². The molecule has 0 aliphatic heterocycles. The van der Waals surface area contributed by atoms with Crippen molar-refractivity contribution >= 4 is 17.7 Å². The lowest BCUT2D eigenvalue weighted by molar-refractivity contribution is 0.0697. The van der Waals surface area contributed by atoms with Crippen LogP contribution in [0.3, 0.4) is 0 Å². The molecule has 5 nitrogen and oxygen atoms in total. The van der Waals surface area contributed by atoms with E-state index in [0.717, 1.165) is 31.2 Å². The Morgan fingerprint density at radius 1 is 1.14 bits per heavy atom. The van der Waals surface area contributed by atoms with Gasteiger partial charge in [-0.15, -0.1) is 0 Å². The van der Waals surface area contributed by atoms with Crippen molar-refractivity contribution < 1.29 is 14.7 Å². The number of benzene rings is 1. The summed E-state index contributed by atoms with van der Waals surface area (Å²) in [5, 5.41) is 14.7. The molecule has 2 rings (SSSR count). The van der Waals surface area contributed by atoms with E-state index in [0.29, 0.717) is 5.69 Å². The van der Waals surface area contributed by atoms with Gasteiger partial charge in [-0.3, -0.25) is 0 Å². The first-order valence-electron chi connectivity index (χ1n) is 7.48. The number of carboxylic acid groups (broad SMARTS) is 1. The van der Waals surface area contributed by atoms with Crippen LogP contribution in [0.5, 0.6) is 0 Å². The van der Waals surface area contributed by atoms with Gasteiger partial charge in [-0.2, -0.15) is 0 Å². The molecule has 1 aromatic rings. The van der Waals surface area contributed by atoms with Crippen molar-refractivity contribution in [2.45, 2.75) is 51.5 Å². The molecule has 0 heterocycles. The maximum Gasteiger partial charge on any atom is 0.335 e. The summed E-state index contributed by atoms with van der Waals surface area (Å²) >= 11 is 0. The van der Waals surface area contributed by atoms with Crippen molar-refractivity contribution in [3.63, 3.8) is 0 Å². The van der Waals surface area contributed by atoms with Crippen LogP contribution < -0.4 is 10.6 Å². The highest BCUT2D eigenvalue weighted by Gasteiger charge is 2.15. The zero-order valence-corrected chi connectivity index (χ0v) is 12.3. The van der Waals surface area contributed by atoms with Crippen LogP contribution in [0.15, 0.2) is 18.2 Å². The lowest BCUT2D eigenvalue weighted by atomic mass is 10.1. The van der Waals surface area contributed by atoms with E-state index in [1.807, 2.05) is 0 Å². The summed E-state index contributed by atoms with van der Waals surface area (Å²) in [6.45, 7) is 1.79. The molecule has 0 aromatic heterocycles. The van der Waals surface area contributed by atoms with E-state index in [4.69, 9.17) is 5.11 Å². The third-order valence-electron chi connectivity index (χ3n) is 3.91. The number of carbonyl (C=O) groups excluding carboxylic acids is 1. The van der Waals surface area contributed by atoms with Crippen LogP contribution in [-0.4, -0.2) is 23.1 Å². The molecule has 5 heteroatoms. The summed E-state index contributed by atoms with van der Waals surface area (Å²) in [4.78, 5) is 22.9. The number of aryl methyl sites for hydroxylation is 1. The predicted molar refractivity (Wildman–Crippen MR) is 81.8 cm³/mol. The molecule has 1 aromatic carbocycles. The van der Waals surface area contributed by atoms with E-state index in [9.17, 15) is 9.59 Å². The number of carboxylic acids is 1. The quantitative estimate of drug-likeness (QED) is 0.745. The average Bonchev–Trinajstić information content (AvgIpc) is 2.69. The first kappa shape index (κ1) is 15.4.